The van der Waals surface area contributed by atoms with Gasteiger partial charge in [0.25, 0.3) is 0 Å². The van der Waals surface area contributed by atoms with Crippen LogP contribution in [0.1, 0.15) is 12.8 Å². The molecule has 0 aliphatic heterocycles. The van der Waals surface area contributed by atoms with Crippen LogP contribution in [0, 0.1) is 5.92 Å². The van der Waals surface area contributed by atoms with Gasteiger partial charge in [0, 0.05) is 6.04 Å². The van der Waals surface area contributed by atoms with E-state index in [1.165, 1.54) is 7.11 Å². The van der Waals surface area contributed by atoms with Crippen LogP contribution >= 0.6 is 0 Å². The van der Waals surface area contributed by atoms with E-state index in [0.29, 0.717) is 12.8 Å². The molecule has 0 aromatic heterocycles. The third kappa shape index (κ3) is 1.70. The highest BCUT2D eigenvalue weighted by atomic mass is 16.5. The second-order valence-electron chi connectivity index (χ2n) is 2.92. The van der Waals surface area contributed by atoms with Crippen molar-refractivity contribution in [3.63, 3.8) is 0 Å². The smallest absolute Gasteiger partial charge is 0.308 e. The second kappa shape index (κ2) is 3.19. The average molecular weight is 159 g/mol. The first-order valence-electron chi connectivity index (χ1n) is 3.66. The third-order valence-electron chi connectivity index (χ3n) is 2.11. The lowest BCUT2D eigenvalue weighted by molar-refractivity contribution is -0.145. The molecule has 0 aromatic carbocycles. The Labute approximate surface area is 65.3 Å². The number of methoxy groups -OCH3 is 1. The Morgan fingerprint density at radius 1 is 1.64 bits per heavy atom. The number of hydrogen-bond acceptors (Lipinski definition) is 4. The van der Waals surface area contributed by atoms with Crippen LogP contribution in [0.2, 0.25) is 0 Å². The first-order valence-corrected chi connectivity index (χ1v) is 3.66. The van der Waals surface area contributed by atoms with Crippen LogP contribution in [-0.4, -0.2) is 30.3 Å². The molecule has 3 atom stereocenters. The summed E-state index contributed by atoms with van der Waals surface area (Å²) in [6, 6.07) is -0.265. The van der Waals surface area contributed by atoms with E-state index in [1.807, 2.05) is 0 Å². The van der Waals surface area contributed by atoms with Crippen molar-refractivity contribution in [1.82, 2.24) is 0 Å². The van der Waals surface area contributed by atoms with Crippen molar-refractivity contribution in [1.29, 1.82) is 0 Å². The summed E-state index contributed by atoms with van der Waals surface area (Å²) in [6.07, 6.45) is 0.431. The van der Waals surface area contributed by atoms with Crippen molar-refractivity contribution < 1.29 is 14.6 Å². The van der Waals surface area contributed by atoms with Crippen LogP contribution in [0.3, 0.4) is 0 Å². The normalized spacial score (nSPS) is 37.2. The molecule has 0 aromatic rings. The highest BCUT2D eigenvalue weighted by Gasteiger charge is 2.35. The minimum atomic E-state index is -0.543. The van der Waals surface area contributed by atoms with E-state index < -0.39 is 6.10 Å². The van der Waals surface area contributed by atoms with E-state index in [9.17, 15) is 9.90 Å². The van der Waals surface area contributed by atoms with Crippen LogP contribution in [-0.2, 0) is 9.53 Å². The predicted octanol–water partition coefficient (Wildman–Crippen LogP) is -0.742. The molecule has 0 heterocycles. The Hall–Kier alpha value is -0.610. The van der Waals surface area contributed by atoms with Gasteiger partial charge in [-0.1, -0.05) is 0 Å². The van der Waals surface area contributed by atoms with Crippen molar-refractivity contribution in [2.75, 3.05) is 7.11 Å². The van der Waals surface area contributed by atoms with Gasteiger partial charge in [-0.2, -0.15) is 0 Å². The van der Waals surface area contributed by atoms with E-state index in [4.69, 9.17) is 5.73 Å². The van der Waals surface area contributed by atoms with Gasteiger partial charge >= 0.3 is 5.97 Å². The molecule has 4 nitrogen and oxygen atoms in total. The summed E-state index contributed by atoms with van der Waals surface area (Å²) >= 11 is 0. The van der Waals surface area contributed by atoms with E-state index in [1.54, 1.807) is 0 Å². The van der Waals surface area contributed by atoms with Gasteiger partial charge in [0.05, 0.1) is 19.1 Å². The molecule has 0 spiro atoms. The zero-order valence-electron chi connectivity index (χ0n) is 6.49. The lowest BCUT2D eigenvalue weighted by Gasteiger charge is -2.04. The van der Waals surface area contributed by atoms with Gasteiger partial charge in [-0.25, -0.2) is 0 Å². The number of rotatable bonds is 1. The summed E-state index contributed by atoms with van der Waals surface area (Å²) < 4.78 is 4.53. The molecule has 0 saturated heterocycles. The highest BCUT2D eigenvalue weighted by Crippen LogP contribution is 2.25. The fourth-order valence-corrected chi connectivity index (χ4v) is 1.41. The molecule has 4 heteroatoms. The summed E-state index contributed by atoms with van der Waals surface area (Å²) in [7, 11) is 1.35. The Morgan fingerprint density at radius 3 is 2.64 bits per heavy atom. The molecule has 1 rings (SSSR count). The Balaban J connectivity index is 2.46. The van der Waals surface area contributed by atoms with Gasteiger partial charge in [-0.3, -0.25) is 4.79 Å². The lowest BCUT2D eigenvalue weighted by Crippen LogP contribution is -2.28. The Bertz CT molecular complexity index is 150. The molecule has 0 unspecified atom stereocenters. The van der Waals surface area contributed by atoms with Gasteiger partial charge in [0.2, 0.25) is 0 Å². The van der Waals surface area contributed by atoms with Crippen LogP contribution in [0.4, 0.5) is 0 Å². The molecule has 1 aliphatic carbocycles. The first kappa shape index (κ1) is 8.49. The molecular weight excluding hydrogens is 146 g/mol. The Kier molecular flexibility index (Phi) is 2.46. The van der Waals surface area contributed by atoms with Gasteiger partial charge in [-0.05, 0) is 12.8 Å². The fourth-order valence-electron chi connectivity index (χ4n) is 1.41. The summed E-state index contributed by atoms with van der Waals surface area (Å²) in [5.74, 6) is -0.470. The highest BCUT2D eigenvalue weighted by molar-refractivity contribution is 5.72. The van der Waals surface area contributed by atoms with Crippen LogP contribution in [0.25, 0.3) is 0 Å². The van der Waals surface area contributed by atoms with Crippen LogP contribution < -0.4 is 5.73 Å². The summed E-state index contributed by atoms with van der Waals surface area (Å²) in [6.45, 7) is 0. The number of ether oxygens (including phenoxy) is 1. The quantitative estimate of drug-likeness (QED) is 0.494. The molecule has 0 radical (unpaired) electrons. The number of carbonyl (C=O) groups excluding carboxylic acids is 1. The van der Waals surface area contributed by atoms with Gasteiger partial charge in [0.15, 0.2) is 0 Å². The van der Waals surface area contributed by atoms with Gasteiger partial charge < -0.3 is 15.6 Å². The standard InChI is InChI=1S/C7H13NO3/c1-11-7(10)4-2-5(8)6(9)3-4/h4-6,9H,2-3,8H2,1H3/t4-,5+,6+/m1/s1. The first-order chi connectivity index (χ1) is 5.15. The summed E-state index contributed by atoms with van der Waals surface area (Å²) in [5.41, 5.74) is 5.50. The number of carbonyl (C=O) groups is 1. The van der Waals surface area contributed by atoms with Crippen molar-refractivity contribution in [3.8, 4) is 0 Å². The van der Waals surface area contributed by atoms with E-state index in [2.05, 4.69) is 4.74 Å². The summed E-state index contributed by atoms with van der Waals surface area (Å²) in [5, 5.41) is 9.18. The van der Waals surface area contributed by atoms with Gasteiger partial charge in [-0.15, -0.1) is 0 Å². The minimum Gasteiger partial charge on any atom is -0.469 e. The number of esters is 1. The molecule has 1 saturated carbocycles. The third-order valence-corrected chi connectivity index (χ3v) is 2.11. The van der Waals surface area contributed by atoms with E-state index in [-0.39, 0.29) is 17.9 Å². The van der Waals surface area contributed by atoms with Crippen molar-refractivity contribution >= 4 is 5.97 Å². The minimum absolute atomic E-state index is 0.204. The molecule has 11 heavy (non-hydrogen) atoms. The second-order valence-corrected chi connectivity index (χ2v) is 2.92. The number of aliphatic hydroxyl groups excluding tert-OH is 1. The van der Waals surface area contributed by atoms with E-state index >= 15 is 0 Å². The monoisotopic (exact) mass is 159 g/mol. The summed E-state index contributed by atoms with van der Waals surface area (Å²) in [4.78, 5) is 10.9. The molecule has 3 N–H and O–H groups in total. The van der Waals surface area contributed by atoms with Crippen LogP contribution in [0.15, 0.2) is 0 Å². The van der Waals surface area contributed by atoms with Crippen molar-refractivity contribution in [3.05, 3.63) is 0 Å². The predicted molar refractivity (Wildman–Crippen MR) is 38.7 cm³/mol. The van der Waals surface area contributed by atoms with Crippen molar-refractivity contribution in [2.45, 2.75) is 25.0 Å². The average Bonchev–Trinajstić information content (AvgIpc) is 2.31. The zero-order chi connectivity index (χ0) is 8.43. The molecule has 0 amide bonds. The molecular formula is C7H13NO3. The van der Waals surface area contributed by atoms with Crippen molar-refractivity contribution in [2.24, 2.45) is 11.7 Å². The SMILES string of the molecule is COC(=O)[C@@H]1C[C@H](N)[C@@H](O)C1. The maximum absolute atomic E-state index is 10.9. The lowest BCUT2D eigenvalue weighted by atomic mass is 10.1. The molecule has 1 fully saturated rings. The maximum atomic E-state index is 10.9. The molecule has 1 aliphatic rings. The number of hydrogen-bond donors (Lipinski definition) is 2. The Morgan fingerprint density at radius 2 is 2.27 bits per heavy atom. The number of aliphatic hydroxyl groups is 1. The van der Waals surface area contributed by atoms with Crippen LogP contribution in [0.5, 0.6) is 0 Å². The maximum Gasteiger partial charge on any atom is 0.308 e. The van der Waals surface area contributed by atoms with E-state index in [0.717, 1.165) is 0 Å². The zero-order valence-corrected chi connectivity index (χ0v) is 6.49. The fraction of sp³-hybridized carbons (Fsp3) is 0.857. The van der Waals surface area contributed by atoms with Gasteiger partial charge in [0.1, 0.15) is 0 Å². The molecule has 64 valence electrons. The number of nitrogens with two attached hydrogens (primary N) is 1. The molecule has 0 bridgehead atoms. The topological polar surface area (TPSA) is 72.5 Å². The largest absolute Gasteiger partial charge is 0.469 e.